The average molecular weight is 299 g/mol. The molecule has 7 heteroatoms. The van der Waals surface area contributed by atoms with E-state index < -0.39 is 12.6 Å². The molecule has 0 spiro atoms. The Morgan fingerprint density at radius 1 is 1.43 bits per heavy atom. The van der Waals surface area contributed by atoms with Crippen molar-refractivity contribution in [2.45, 2.75) is 33.2 Å². The number of carbonyl (C=O) groups is 2. The Bertz CT molecular complexity index is 456. The van der Waals surface area contributed by atoms with Crippen molar-refractivity contribution in [2.75, 3.05) is 20.2 Å². The van der Waals surface area contributed by atoms with Crippen LogP contribution in [0.15, 0.2) is 23.7 Å². The molecule has 0 saturated carbocycles. The van der Waals surface area contributed by atoms with E-state index in [1.165, 1.54) is 4.90 Å². The van der Waals surface area contributed by atoms with Gasteiger partial charge in [-0.05, 0) is 25.8 Å². The van der Waals surface area contributed by atoms with Gasteiger partial charge in [-0.1, -0.05) is 6.58 Å². The lowest BCUT2D eigenvalue weighted by Crippen LogP contribution is -2.29. The molecular formula is C14H21NO6. The number of aliphatic hydroxyl groups is 1. The van der Waals surface area contributed by atoms with Crippen molar-refractivity contribution in [3.63, 3.8) is 0 Å². The van der Waals surface area contributed by atoms with Gasteiger partial charge in [-0.2, -0.15) is 0 Å². The van der Waals surface area contributed by atoms with E-state index in [4.69, 9.17) is 19.3 Å². The third-order valence-electron chi connectivity index (χ3n) is 2.93. The summed E-state index contributed by atoms with van der Waals surface area (Å²) in [5, 5.41) is 9.08. The Morgan fingerprint density at radius 3 is 2.62 bits per heavy atom. The summed E-state index contributed by atoms with van der Waals surface area (Å²) in [6.07, 6.45) is 0.348. The predicted octanol–water partition coefficient (Wildman–Crippen LogP) is 1.53. The molecule has 1 N–H and O–H groups in total. The van der Waals surface area contributed by atoms with Crippen LogP contribution in [0.4, 0.5) is 4.79 Å². The maximum Gasteiger partial charge on any atom is 0.409 e. The maximum absolute atomic E-state index is 11.7. The first-order valence-corrected chi connectivity index (χ1v) is 6.59. The molecule has 1 aliphatic rings. The molecule has 118 valence electrons. The molecule has 1 amide bonds. The monoisotopic (exact) mass is 299 g/mol. The summed E-state index contributed by atoms with van der Waals surface area (Å²) in [6, 6.07) is 0. The number of aliphatic hydroxyl groups excluding tert-OH is 1. The van der Waals surface area contributed by atoms with Crippen LogP contribution in [0, 0.1) is 0 Å². The van der Waals surface area contributed by atoms with Gasteiger partial charge < -0.3 is 24.2 Å². The molecule has 0 bridgehead atoms. The molecule has 1 unspecified atom stereocenters. The molecule has 7 nitrogen and oxygen atoms in total. The highest BCUT2D eigenvalue weighted by Crippen LogP contribution is 2.20. The molecule has 1 rings (SSSR count). The van der Waals surface area contributed by atoms with E-state index in [-0.39, 0.29) is 18.1 Å². The maximum atomic E-state index is 11.7. The largest absolute Gasteiger partial charge is 0.441 e. The minimum absolute atomic E-state index is 0.0111. The van der Waals surface area contributed by atoms with Crippen LogP contribution in [0.1, 0.15) is 26.7 Å². The average Bonchev–Trinajstić information content (AvgIpc) is 2.73. The fourth-order valence-electron chi connectivity index (χ4n) is 1.60. The van der Waals surface area contributed by atoms with Crippen LogP contribution < -0.4 is 0 Å². The van der Waals surface area contributed by atoms with Gasteiger partial charge >= 0.3 is 12.6 Å². The van der Waals surface area contributed by atoms with E-state index in [0.29, 0.717) is 30.7 Å². The first kappa shape index (κ1) is 17.0. The van der Waals surface area contributed by atoms with Crippen LogP contribution in [-0.4, -0.2) is 48.6 Å². The summed E-state index contributed by atoms with van der Waals surface area (Å²) >= 11 is 0. The van der Waals surface area contributed by atoms with Crippen molar-refractivity contribution in [3.05, 3.63) is 23.7 Å². The molecular weight excluding hydrogens is 278 g/mol. The van der Waals surface area contributed by atoms with Gasteiger partial charge in [0.1, 0.15) is 5.76 Å². The Morgan fingerprint density at radius 2 is 2.10 bits per heavy atom. The fraction of sp³-hybridized carbons (Fsp3) is 0.571. The van der Waals surface area contributed by atoms with E-state index in [1.54, 1.807) is 20.9 Å². The minimum atomic E-state index is -1.34. The van der Waals surface area contributed by atoms with Crippen LogP contribution in [0.25, 0.3) is 0 Å². The van der Waals surface area contributed by atoms with Gasteiger partial charge in [0.2, 0.25) is 0 Å². The lowest BCUT2D eigenvalue weighted by Gasteiger charge is -2.16. The number of nitrogens with zero attached hydrogens (tertiary/aromatic N) is 1. The zero-order valence-electron chi connectivity index (χ0n) is 12.5. The van der Waals surface area contributed by atoms with Crippen molar-refractivity contribution in [3.8, 4) is 0 Å². The third kappa shape index (κ3) is 5.47. The smallest absolute Gasteiger partial charge is 0.409 e. The second-order valence-corrected chi connectivity index (χ2v) is 4.81. The normalized spacial score (nSPS) is 17.0. The highest BCUT2D eigenvalue weighted by molar-refractivity contribution is 5.94. The molecule has 1 atom stereocenters. The van der Waals surface area contributed by atoms with Gasteiger partial charge in [0.15, 0.2) is 18.1 Å². The zero-order valence-corrected chi connectivity index (χ0v) is 12.5. The molecule has 1 heterocycles. The molecule has 0 aromatic carbocycles. The summed E-state index contributed by atoms with van der Waals surface area (Å²) in [5.41, 5.74) is 0.514. The standard InChI is InChI=1S/C14H21NO6/c1-9(2)11(16)6-5-7-15(4)13(17)19-8-12-10(3)20-14(18)21-12/h14,18H,1,5-8H2,2-4H3. The van der Waals surface area contributed by atoms with E-state index in [9.17, 15) is 9.59 Å². The first-order valence-electron chi connectivity index (χ1n) is 6.59. The Labute approximate surface area is 123 Å². The highest BCUT2D eigenvalue weighted by Gasteiger charge is 2.23. The lowest BCUT2D eigenvalue weighted by atomic mass is 10.1. The van der Waals surface area contributed by atoms with Crippen molar-refractivity contribution < 1.29 is 28.9 Å². The number of carbonyl (C=O) groups excluding carboxylic acids is 2. The number of Topliss-reactive ketones (excluding diaryl/α,β-unsaturated/α-hetero) is 1. The van der Waals surface area contributed by atoms with Gasteiger partial charge in [-0.25, -0.2) is 4.79 Å². The highest BCUT2D eigenvalue weighted by atomic mass is 16.8. The fourth-order valence-corrected chi connectivity index (χ4v) is 1.60. The van der Waals surface area contributed by atoms with Gasteiger partial charge in [0.25, 0.3) is 0 Å². The molecule has 1 aliphatic heterocycles. The van der Waals surface area contributed by atoms with Crippen molar-refractivity contribution >= 4 is 11.9 Å². The quantitative estimate of drug-likeness (QED) is 0.718. The molecule has 0 aromatic heterocycles. The number of rotatable bonds is 7. The second-order valence-electron chi connectivity index (χ2n) is 4.81. The van der Waals surface area contributed by atoms with Crippen LogP contribution in [0.3, 0.4) is 0 Å². The number of allylic oxidation sites excluding steroid dienone is 2. The number of ketones is 1. The second kappa shape index (κ2) is 7.68. The van der Waals surface area contributed by atoms with Crippen molar-refractivity contribution in [1.29, 1.82) is 0 Å². The summed E-state index contributed by atoms with van der Waals surface area (Å²) in [6.45, 7) is 5.77. The minimum Gasteiger partial charge on any atom is -0.441 e. The SMILES string of the molecule is C=C(C)C(=O)CCCN(C)C(=O)OCC1=C(C)OC(O)O1. The van der Waals surface area contributed by atoms with E-state index in [2.05, 4.69) is 6.58 Å². The van der Waals surface area contributed by atoms with Crippen LogP contribution >= 0.6 is 0 Å². The van der Waals surface area contributed by atoms with Gasteiger partial charge in [0.05, 0.1) is 0 Å². The molecule has 0 aromatic rings. The van der Waals surface area contributed by atoms with Gasteiger partial charge in [-0.15, -0.1) is 0 Å². The topological polar surface area (TPSA) is 85.3 Å². The van der Waals surface area contributed by atoms with Gasteiger partial charge in [-0.3, -0.25) is 4.79 Å². The summed E-state index contributed by atoms with van der Waals surface area (Å²) in [5.74, 6) is 0.648. The first-order chi connectivity index (χ1) is 9.81. The van der Waals surface area contributed by atoms with E-state index >= 15 is 0 Å². The number of hydrogen-bond acceptors (Lipinski definition) is 6. The van der Waals surface area contributed by atoms with E-state index in [0.717, 1.165) is 0 Å². The lowest BCUT2D eigenvalue weighted by molar-refractivity contribution is -0.194. The van der Waals surface area contributed by atoms with E-state index in [1.807, 2.05) is 0 Å². The van der Waals surface area contributed by atoms with Crippen LogP contribution in [0.5, 0.6) is 0 Å². The number of ether oxygens (including phenoxy) is 3. The molecule has 0 saturated heterocycles. The predicted molar refractivity (Wildman–Crippen MR) is 73.9 cm³/mol. The third-order valence-corrected chi connectivity index (χ3v) is 2.93. The molecule has 0 fully saturated rings. The van der Waals surface area contributed by atoms with Crippen molar-refractivity contribution in [2.24, 2.45) is 0 Å². The number of amides is 1. The van der Waals surface area contributed by atoms with Crippen LogP contribution in [0.2, 0.25) is 0 Å². The molecule has 0 radical (unpaired) electrons. The number of hydrogen-bond donors (Lipinski definition) is 1. The molecule has 21 heavy (non-hydrogen) atoms. The summed E-state index contributed by atoms with van der Waals surface area (Å²) in [4.78, 5) is 24.5. The summed E-state index contributed by atoms with van der Waals surface area (Å²) in [7, 11) is 1.58. The van der Waals surface area contributed by atoms with Gasteiger partial charge in [0, 0.05) is 20.0 Å². The Kier molecular flexibility index (Phi) is 6.23. The van der Waals surface area contributed by atoms with Crippen molar-refractivity contribution in [1.82, 2.24) is 4.90 Å². The van der Waals surface area contributed by atoms with Crippen LogP contribution in [-0.2, 0) is 19.0 Å². The Balaban J connectivity index is 2.27. The summed E-state index contributed by atoms with van der Waals surface area (Å²) < 4.78 is 14.8. The zero-order chi connectivity index (χ0) is 16.0. The molecule has 0 aliphatic carbocycles. The Hall–Kier alpha value is -2.02.